The minimum atomic E-state index is -0.284. The number of oxazole rings is 1. The predicted molar refractivity (Wildman–Crippen MR) is 83.3 cm³/mol. The zero-order valence-corrected chi connectivity index (χ0v) is 12.3. The van der Waals surface area contributed by atoms with Crippen LogP contribution < -0.4 is 5.76 Å². The number of hydrogen-bond acceptors (Lipinski definition) is 2. The minimum Gasteiger partial charge on any atom is -0.408 e. The zero-order chi connectivity index (χ0) is 13.2. The molecule has 0 N–H and O–H groups in total. The van der Waals surface area contributed by atoms with Gasteiger partial charge in [-0.25, -0.2) is 4.79 Å². The largest absolute Gasteiger partial charge is 0.419 e. The summed E-state index contributed by atoms with van der Waals surface area (Å²) in [5.74, 6) is -0.284. The molecule has 0 amide bonds. The third kappa shape index (κ3) is 2.58. The number of nitrogens with zero attached hydrogens (tertiary/aromatic N) is 1. The molecule has 3 aromatic rings. The Labute approximate surface area is 124 Å². The lowest BCUT2D eigenvalue weighted by Crippen LogP contribution is -2.15. The fraction of sp³-hybridized carbons (Fsp3) is 0.133. The number of aromatic nitrogens is 1. The van der Waals surface area contributed by atoms with Crippen LogP contribution in [0.1, 0.15) is 5.56 Å². The smallest absolute Gasteiger partial charge is 0.408 e. The number of halogens is 1. The molecule has 0 saturated carbocycles. The number of aryl methyl sites for hydroxylation is 2. The van der Waals surface area contributed by atoms with E-state index in [0.29, 0.717) is 12.1 Å². The van der Waals surface area contributed by atoms with Gasteiger partial charge in [0.25, 0.3) is 0 Å². The molecule has 4 heteroatoms. The lowest BCUT2D eigenvalue weighted by atomic mass is 10.1. The Balaban J connectivity index is 1.93. The second kappa shape index (κ2) is 5.21. The first-order chi connectivity index (χ1) is 9.24. The van der Waals surface area contributed by atoms with Gasteiger partial charge in [0.15, 0.2) is 5.58 Å². The van der Waals surface area contributed by atoms with E-state index < -0.39 is 0 Å². The normalized spacial score (nSPS) is 11.0. The highest BCUT2D eigenvalue weighted by molar-refractivity contribution is 14.1. The molecule has 0 spiro atoms. The average molecular weight is 365 g/mol. The highest BCUT2D eigenvalue weighted by Crippen LogP contribution is 2.16. The molecule has 1 heterocycles. The second-order valence-corrected chi connectivity index (χ2v) is 5.61. The van der Waals surface area contributed by atoms with Crippen molar-refractivity contribution in [1.82, 2.24) is 4.57 Å². The third-order valence-electron chi connectivity index (χ3n) is 3.10. The van der Waals surface area contributed by atoms with Crippen LogP contribution in [0, 0.1) is 3.57 Å². The summed E-state index contributed by atoms with van der Waals surface area (Å²) in [7, 11) is 0. The summed E-state index contributed by atoms with van der Waals surface area (Å²) in [6.07, 6.45) is 0.821. The molecular weight excluding hydrogens is 353 g/mol. The molecule has 3 nitrogen and oxygen atoms in total. The molecule has 2 aromatic carbocycles. The van der Waals surface area contributed by atoms with E-state index in [1.807, 2.05) is 36.4 Å². The van der Waals surface area contributed by atoms with Gasteiger partial charge >= 0.3 is 5.76 Å². The molecule has 19 heavy (non-hydrogen) atoms. The summed E-state index contributed by atoms with van der Waals surface area (Å²) in [4.78, 5) is 11.9. The van der Waals surface area contributed by atoms with Gasteiger partial charge < -0.3 is 4.42 Å². The molecule has 0 saturated heterocycles. The Kier molecular flexibility index (Phi) is 3.42. The molecular formula is C15H12INO2. The van der Waals surface area contributed by atoms with Gasteiger partial charge in [0.2, 0.25) is 0 Å². The van der Waals surface area contributed by atoms with Gasteiger partial charge in [0, 0.05) is 10.1 Å². The van der Waals surface area contributed by atoms with Crippen LogP contribution in [-0.4, -0.2) is 4.57 Å². The van der Waals surface area contributed by atoms with Gasteiger partial charge in [-0.15, -0.1) is 0 Å². The molecule has 0 unspecified atom stereocenters. The molecule has 0 atom stereocenters. The first kappa shape index (κ1) is 12.5. The number of hydrogen-bond donors (Lipinski definition) is 0. The lowest BCUT2D eigenvalue weighted by molar-refractivity contribution is 0.505. The Morgan fingerprint density at radius 2 is 1.89 bits per heavy atom. The van der Waals surface area contributed by atoms with Crippen molar-refractivity contribution in [3.05, 3.63) is 68.2 Å². The maximum atomic E-state index is 11.9. The molecule has 0 fully saturated rings. The van der Waals surface area contributed by atoms with Crippen molar-refractivity contribution >= 4 is 33.7 Å². The molecule has 0 aliphatic carbocycles. The number of fused-ring (bicyclic) bond motifs is 1. The molecule has 0 bridgehead atoms. The van der Waals surface area contributed by atoms with Crippen LogP contribution in [0.25, 0.3) is 11.1 Å². The van der Waals surface area contributed by atoms with Crippen molar-refractivity contribution in [3.8, 4) is 0 Å². The van der Waals surface area contributed by atoms with Crippen LogP contribution in [0.2, 0.25) is 0 Å². The van der Waals surface area contributed by atoms with Crippen LogP contribution in [0.5, 0.6) is 0 Å². The third-order valence-corrected chi connectivity index (χ3v) is 3.77. The molecule has 0 aliphatic heterocycles. The second-order valence-electron chi connectivity index (χ2n) is 4.37. The number of benzene rings is 2. The molecule has 0 radical (unpaired) electrons. The summed E-state index contributed by atoms with van der Waals surface area (Å²) in [6.45, 7) is 0.635. The Bertz CT molecular complexity index is 759. The van der Waals surface area contributed by atoms with Gasteiger partial charge in [-0.2, -0.15) is 0 Å². The van der Waals surface area contributed by atoms with Crippen LogP contribution in [0.15, 0.2) is 57.7 Å². The molecule has 0 aliphatic rings. The maximum Gasteiger partial charge on any atom is 0.419 e. The Morgan fingerprint density at radius 3 is 2.68 bits per heavy atom. The highest BCUT2D eigenvalue weighted by atomic mass is 127. The Hall–Kier alpha value is -1.56. The molecule has 3 rings (SSSR count). The van der Waals surface area contributed by atoms with Crippen LogP contribution in [0.3, 0.4) is 0 Å². The Morgan fingerprint density at radius 1 is 1.11 bits per heavy atom. The van der Waals surface area contributed by atoms with Crippen LogP contribution in [-0.2, 0) is 13.0 Å². The minimum absolute atomic E-state index is 0.284. The summed E-state index contributed by atoms with van der Waals surface area (Å²) >= 11 is 2.21. The average Bonchev–Trinajstić information content (AvgIpc) is 2.72. The monoisotopic (exact) mass is 365 g/mol. The van der Waals surface area contributed by atoms with E-state index in [0.717, 1.165) is 15.5 Å². The SMILES string of the molecule is O=c1oc2cc(I)ccc2n1CCc1ccccc1. The fourth-order valence-corrected chi connectivity index (χ4v) is 2.60. The highest BCUT2D eigenvalue weighted by Gasteiger charge is 2.09. The first-order valence-corrected chi connectivity index (χ1v) is 7.15. The van der Waals surface area contributed by atoms with Gasteiger partial charge in [-0.3, -0.25) is 4.57 Å². The van der Waals surface area contributed by atoms with Crippen LogP contribution in [0.4, 0.5) is 0 Å². The van der Waals surface area contributed by atoms with E-state index >= 15 is 0 Å². The number of rotatable bonds is 3. The van der Waals surface area contributed by atoms with E-state index in [2.05, 4.69) is 34.7 Å². The summed E-state index contributed by atoms with van der Waals surface area (Å²) in [5.41, 5.74) is 2.74. The van der Waals surface area contributed by atoms with Crippen molar-refractivity contribution in [2.24, 2.45) is 0 Å². The van der Waals surface area contributed by atoms with Crippen molar-refractivity contribution in [3.63, 3.8) is 0 Å². The van der Waals surface area contributed by atoms with Crippen molar-refractivity contribution in [1.29, 1.82) is 0 Å². The van der Waals surface area contributed by atoms with Crippen molar-refractivity contribution < 1.29 is 4.42 Å². The zero-order valence-electron chi connectivity index (χ0n) is 10.2. The van der Waals surface area contributed by atoms with E-state index in [9.17, 15) is 4.79 Å². The van der Waals surface area contributed by atoms with E-state index in [-0.39, 0.29) is 5.76 Å². The fourth-order valence-electron chi connectivity index (χ4n) is 2.14. The van der Waals surface area contributed by atoms with Gasteiger partial charge in [-0.1, -0.05) is 30.3 Å². The van der Waals surface area contributed by atoms with Gasteiger partial charge in [0.1, 0.15) is 0 Å². The molecule has 1 aromatic heterocycles. The standard InChI is InChI=1S/C15H12INO2/c16-12-6-7-13-14(10-12)19-15(18)17(13)9-8-11-4-2-1-3-5-11/h1-7,10H,8-9H2. The van der Waals surface area contributed by atoms with E-state index in [1.165, 1.54) is 5.56 Å². The van der Waals surface area contributed by atoms with Crippen LogP contribution >= 0.6 is 22.6 Å². The lowest BCUT2D eigenvalue weighted by Gasteiger charge is -2.02. The first-order valence-electron chi connectivity index (χ1n) is 6.07. The maximum absolute atomic E-state index is 11.9. The van der Waals surface area contributed by atoms with Gasteiger partial charge in [-0.05, 0) is 52.8 Å². The van der Waals surface area contributed by atoms with Gasteiger partial charge in [0.05, 0.1) is 5.52 Å². The summed E-state index contributed by atoms with van der Waals surface area (Å²) in [6, 6.07) is 15.9. The molecule has 96 valence electrons. The van der Waals surface area contributed by atoms with Crippen molar-refractivity contribution in [2.45, 2.75) is 13.0 Å². The summed E-state index contributed by atoms with van der Waals surface area (Å²) in [5, 5.41) is 0. The summed E-state index contributed by atoms with van der Waals surface area (Å²) < 4.78 is 8.03. The van der Waals surface area contributed by atoms with E-state index in [1.54, 1.807) is 4.57 Å². The predicted octanol–water partition coefficient (Wildman–Crippen LogP) is 3.44. The quantitative estimate of drug-likeness (QED) is 0.667. The topological polar surface area (TPSA) is 35.1 Å². The van der Waals surface area contributed by atoms with Crippen molar-refractivity contribution in [2.75, 3.05) is 0 Å². The van der Waals surface area contributed by atoms with E-state index in [4.69, 9.17) is 4.42 Å².